The zero-order valence-corrected chi connectivity index (χ0v) is 12.8. The summed E-state index contributed by atoms with van der Waals surface area (Å²) in [6, 6.07) is 0. The molecule has 1 aliphatic heterocycles. The number of aryl methyl sites for hydroxylation is 1. The third-order valence-electron chi connectivity index (χ3n) is 3.32. The average Bonchev–Trinajstić information content (AvgIpc) is 2.85. The summed E-state index contributed by atoms with van der Waals surface area (Å²) in [5.74, 6) is -0.954. The number of ether oxygens (including phenoxy) is 1. The molecule has 1 saturated heterocycles. The average molecular weight is 317 g/mol. The van der Waals surface area contributed by atoms with Crippen LogP contribution in [0.25, 0.3) is 0 Å². The van der Waals surface area contributed by atoms with Crippen molar-refractivity contribution in [1.82, 2.24) is 14.1 Å². The van der Waals surface area contributed by atoms with Gasteiger partial charge in [-0.3, -0.25) is 9.48 Å². The molecule has 1 N–H and O–H groups in total. The molecule has 0 aromatic carbocycles. The lowest BCUT2D eigenvalue weighted by Gasteiger charge is -2.40. The summed E-state index contributed by atoms with van der Waals surface area (Å²) in [6.45, 7) is 4.72. The minimum atomic E-state index is -3.66. The van der Waals surface area contributed by atoms with Crippen molar-refractivity contribution in [2.24, 2.45) is 0 Å². The van der Waals surface area contributed by atoms with Crippen molar-refractivity contribution in [2.45, 2.75) is 37.2 Å². The first-order chi connectivity index (χ1) is 9.73. The maximum absolute atomic E-state index is 12.7. The number of nitrogens with zero attached hydrogens (tertiary/aromatic N) is 3. The van der Waals surface area contributed by atoms with Gasteiger partial charge in [-0.15, -0.1) is 0 Å². The van der Waals surface area contributed by atoms with Crippen molar-refractivity contribution in [3.63, 3.8) is 0 Å². The molecular weight excluding hydrogens is 298 g/mol. The Bertz CT molecular complexity index is 623. The number of aliphatic carboxylic acids is 1. The smallest absolute Gasteiger partial charge is 0.305 e. The van der Waals surface area contributed by atoms with Crippen molar-refractivity contribution >= 4 is 16.0 Å². The number of carboxylic acids is 1. The molecule has 0 radical (unpaired) electrons. The fourth-order valence-corrected chi connectivity index (χ4v) is 3.94. The molecule has 0 unspecified atom stereocenters. The highest BCUT2D eigenvalue weighted by atomic mass is 32.2. The lowest BCUT2D eigenvalue weighted by atomic mass is 10.1. The van der Waals surface area contributed by atoms with Crippen LogP contribution in [0, 0.1) is 0 Å². The molecule has 118 valence electrons. The molecular formula is C12H19N3O5S. The summed E-state index contributed by atoms with van der Waals surface area (Å²) in [6.07, 6.45) is 2.51. The first-order valence-electron chi connectivity index (χ1n) is 6.58. The summed E-state index contributed by atoms with van der Waals surface area (Å²) in [5.41, 5.74) is -0.625. The number of carbonyl (C=O) groups is 1. The third kappa shape index (κ3) is 3.42. The predicted octanol–water partition coefficient (Wildman–Crippen LogP) is 0.157. The fourth-order valence-electron chi connectivity index (χ4n) is 2.23. The van der Waals surface area contributed by atoms with Gasteiger partial charge in [-0.1, -0.05) is 0 Å². The highest BCUT2D eigenvalue weighted by Crippen LogP contribution is 2.27. The van der Waals surface area contributed by atoms with Gasteiger partial charge in [0.2, 0.25) is 10.0 Å². The zero-order valence-electron chi connectivity index (χ0n) is 12.0. The second kappa shape index (κ2) is 5.74. The molecule has 1 aromatic heterocycles. The van der Waals surface area contributed by atoms with E-state index in [1.165, 1.54) is 21.4 Å². The van der Waals surface area contributed by atoms with Crippen molar-refractivity contribution in [3.05, 3.63) is 12.4 Å². The summed E-state index contributed by atoms with van der Waals surface area (Å²) in [7, 11) is -3.66. The van der Waals surface area contributed by atoms with Crippen LogP contribution < -0.4 is 0 Å². The van der Waals surface area contributed by atoms with E-state index in [2.05, 4.69) is 5.10 Å². The van der Waals surface area contributed by atoms with Crippen molar-refractivity contribution < 1.29 is 23.1 Å². The van der Waals surface area contributed by atoms with Crippen LogP contribution in [0.5, 0.6) is 0 Å². The Hall–Kier alpha value is -1.45. The van der Waals surface area contributed by atoms with Crippen LogP contribution in [0.15, 0.2) is 17.3 Å². The minimum Gasteiger partial charge on any atom is -0.481 e. The SMILES string of the molecule is CC1(C)COCCN1S(=O)(=O)c1cnn(CCC(=O)O)c1. The summed E-state index contributed by atoms with van der Waals surface area (Å²) >= 11 is 0. The summed E-state index contributed by atoms with van der Waals surface area (Å²) in [4.78, 5) is 10.6. The third-order valence-corrected chi connectivity index (χ3v) is 5.39. The molecule has 0 aliphatic carbocycles. The van der Waals surface area contributed by atoms with E-state index in [4.69, 9.17) is 9.84 Å². The van der Waals surface area contributed by atoms with Crippen LogP contribution in [-0.2, 0) is 26.1 Å². The van der Waals surface area contributed by atoms with Gasteiger partial charge in [0.1, 0.15) is 4.90 Å². The lowest BCUT2D eigenvalue weighted by Crippen LogP contribution is -2.55. The second-order valence-electron chi connectivity index (χ2n) is 5.53. The molecule has 0 bridgehead atoms. The van der Waals surface area contributed by atoms with Crippen LogP contribution in [0.1, 0.15) is 20.3 Å². The Morgan fingerprint density at radius 3 is 2.86 bits per heavy atom. The van der Waals surface area contributed by atoms with Gasteiger partial charge < -0.3 is 9.84 Å². The molecule has 1 aromatic rings. The molecule has 0 amide bonds. The quantitative estimate of drug-likeness (QED) is 0.830. The van der Waals surface area contributed by atoms with E-state index < -0.39 is 21.5 Å². The van der Waals surface area contributed by atoms with Gasteiger partial charge in [0, 0.05) is 12.7 Å². The number of rotatable bonds is 5. The van der Waals surface area contributed by atoms with E-state index in [1.807, 2.05) is 0 Å². The molecule has 1 aliphatic rings. The Morgan fingerprint density at radius 1 is 1.52 bits per heavy atom. The van der Waals surface area contributed by atoms with E-state index in [0.29, 0.717) is 13.2 Å². The monoisotopic (exact) mass is 317 g/mol. The Morgan fingerprint density at radius 2 is 2.24 bits per heavy atom. The van der Waals surface area contributed by atoms with Crippen molar-refractivity contribution in [2.75, 3.05) is 19.8 Å². The second-order valence-corrected chi connectivity index (χ2v) is 7.39. The molecule has 2 rings (SSSR count). The summed E-state index contributed by atoms with van der Waals surface area (Å²) < 4.78 is 33.4. The van der Waals surface area contributed by atoms with E-state index in [-0.39, 0.29) is 24.4 Å². The van der Waals surface area contributed by atoms with Crippen molar-refractivity contribution in [3.8, 4) is 0 Å². The normalized spacial score (nSPS) is 19.5. The van der Waals surface area contributed by atoms with Gasteiger partial charge in [-0.05, 0) is 13.8 Å². The highest BCUT2D eigenvalue weighted by Gasteiger charge is 2.40. The predicted molar refractivity (Wildman–Crippen MR) is 73.3 cm³/mol. The fraction of sp³-hybridized carbons (Fsp3) is 0.667. The Labute approximate surface area is 123 Å². The number of hydrogen-bond donors (Lipinski definition) is 1. The Kier molecular flexibility index (Phi) is 4.35. The van der Waals surface area contributed by atoms with Crippen LogP contribution in [0.3, 0.4) is 0 Å². The van der Waals surface area contributed by atoms with Crippen LogP contribution in [0.2, 0.25) is 0 Å². The molecule has 1 fully saturated rings. The first kappa shape index (κ1) is 15.9. The summed E-state index contributed by atoms with van der Waals surface area (Å²) in [5, 5.41) is 12.5. The van der Waals surface area contributed by atoms with Gasteiger partial charge in [0.05, 0.1) is 37.9 Å². The number of morpholine rings is 1. The molecule has 21 heavy (non-hydrogen) atoms. The van der Waals surface area contributed by atoms with Crippen LogP contribution in [0.4, 0.5) is 0 Å². The number of aromatic nitrogens is 2. The van der Waals surface area contributed by atoms with Crippen LogP contribution >= 0.6 is 0 Å². The van der Waals surface area contributed by atoms with E-state index in [0.717, 1.165) is 0 Å². The molecule has 0 saturated carbocycles. The first-order valence-corrected chi connectivity index (χ1v) is 8.02. The van der Waals surface area contributed by atoms with Gasteiger partial charge in [0.25, 0.3) is 0 Å². The number of sulfonamides is 1. The zero-order chi connectivity index (χ0) is 15.7. The van der Waals surface area contributed by atoms with Gasteiger partial charge in [-0.2, -0.15) is 9.40 Å². The number of carboxylic acid groups (broad SMARTS) is 1. The van der Waals surface area contributed by atoms with Gasteiger partial charge in [-0.25, -0.2) is 8.42 Å². The standard InChI is InChI=1S/C12H19N3O5S/c1-12(2)9-20-6-5-15(12)21(18,19)10-7-13-14(8-10)4-3-11(16)17/h7-8H,3-6,9H2,1-2H3,(H,16,17). The molecule has 2 heterocycles. The molecule has 0 spiro atoms. The highest BCUT2D eigenvalue weighted by molar-refractivity contribution is 7.89. The maximum atomic E-state index is 12.7. The lowest BCUT2D eigenvalue weighted by molar-refractivity contribution is -0.137. The largest absolute Gasteiger partial charge is 0.481 e. The maximum Gasteiger partial charge on any atom is 0.305 e. The van der Waals surface area contributed by atoms with E-state index in [1.54, 1.807) is 13.8 Å². The number of hydrogen-bond acceptors (Lipinski definition) is 5. The van der Waals surface area contributed by atoms with E-state index in [9.17, 15) is 13.2 Å². The van der Waals surface area contributed by atoms with Crippen molar-refractivity contribution in [1.29, 1.82) is 0 Å². The van der Waals surface area contributed by atoms with E-state index >= 15 is 0 Å². The van der Waals surface area contributed by atoms with Gasteiger partial charge >= 0.3 is 5.97 Å². The van der Waals surface area contributed by atoms with Crippen LogP contribution in [-0.4, -0.2) is 58.9 Å². The molecule has 8 nitrogen and oxygen atoms in total. The minimum absolute atomic E-state index is 0.0721. The molecule has 0 atom stereocenters. The van der Waals surface area contributed by atoms with Gasteiger partial charge in [0.15, 0.2) is 0 Å². The Balaban J connectivity index is 2.21. The molecule has 9 heteroatoms. The topological polar surface area (TPSA) is 102 Å².